The van der Waals surface area contributed by atoms with Crippen LogP contribution in [0.2, 0.25) is 0 Å². The lowest BCUT2D eigenvalue weighted by molar-refractivity contribution is -0.157. The molecule has 3 aliphatic carbocycles. The van der Waals surface area contributed by atoms with Crippen LogP contribution in [0.5, 0.6) is 0 Å². The molecule has 2 bridgehead atoms. The number of ketones is 1. The van der Waals surface area contributed by atoms with E-state index < -0.39 is 11.5 Å². The molecule has 3 saturated carbocycles. The predicted molar refractivity (Wildman–Crippen MR) is 144 cm³/mol. The monoisotopic (exact) mass is 612 g/mol. The van der Waals surface area contributed by atoms with Gasteiger partial charge in [0.25, 0.3) is 0 Å². The molecule has 1 unspecified atom stereocenters. The number of aliphatic hydroxyl groups is 2. The Hall–Kier alpha value is -0.770. The molecule has 2 heterocycles. The van der Waals surface area contributed by atoms with E-state index in [1.165, 1.54) is 0 Å². The van der Waals surface area contributed by atoms with E-state index in [2.05, 4.69) is 43.4 Å². The topological polar surface area (TPSA) is 93.1 Å². The molecule has 0 saturated heterocycles. The summed E-state index contributed by atoms with van der Waals surface area (Å²) in [5, 5.41) is 19.9. The first kappa shape index (κ1) is 26.8. The first-order chi connectivity index (χ1) is 17.0. The van der Waals surface area contributed by atoms with Crippen molar-refractivity contribution in [2.24, 2.45) is 40.4 Å². The van der Waals surface area contributed by atoms with Crippen molar-refractivity contribution in [3.05, 3.63) is 20.8 Å². The van der Waals surface area contributed by atoms with Crippen molar-refractivity contribution in [1.82, 2.24) is 0 Å². The lowest BCUT2D eigenvalue weighted by Gasteiger charge is -2.57. The lowest BCUT2D eigenvalue weighted by Crippen LogP contribution is -2.55. The number of Topliss-reactive ketones (excluding diaryl/α,β-unsaturated/α-hetero) is 1. The van der Waals surface area contributed by atoms with E-state index in [0.29, 0.717) is 39.2 Å². The van der Waals surface area contributed by atoms with Gasteiger partial charge in [0.2, 0.25) is 0 Å². The molecule has 10 atom stereocenters. The first-order valence-corrected chi connectivity index (χ1v) is 14.8. The number of aliphatic hydroxyl groups excluding tert-OH is 2. The number of carbonyl (C=O) groups is 2. The largest absolute Gasteiger partial charge is 0.458 e. The van der Waals surface area contributed by atoms with Crippen LogP contribution in [0, 0.1) is 40.4 Å². The van der Waals surface area contributed by atoms with Crippen molar-refractivity contribution in [3.63, 3.8) is 0 Å². The maximum Gasteiger partial charge on any atom is 0.336 e. The van der Waals surface area contributed by atoms with E-state index in [0.717, 1.165) is 44.1 Å². The highest BCUT2D eigenvalue weighted by atomic mass is 127. The van der Waals surface area contributed by atoms with Gasteiger partial charge < -0.3 is 19.7 Å². The third-order valence-corrected chi connectivity index (χ3v) is 11.8. The summed E-state index contributed by atoms with van der Waals surface area (Å²) in [6.45, 7) is 8.77. The fourth-order valence-corrected chi connectivity index (χ4v) is 10.1. The molecule has 0 spiro atoms. The van der Waals surface area contributed by atoms with Crippen molar-refractivity contribution in [2.75, 3.05) is 13.2 Å². The molecule has 0 aromatic rings. The minimum atomic E-state index is -0.741. The molecule has 2 aliphatic heterocycles. The van der Waals surface area contributed by atoms with E-state index in [1.807, 2.05) is 6.92 Å². The zero-order chi connectivity index (χ0) is 26.0. The van der Waals surface area contributed by atoms with Crippen LogP contribution in [0.3, 0.4) is 0 Å². The fourth-order valence-electron chi connectivity index (χ4n) is 9.11. The Morgan fingerprint density at radius 2 is 1.94 bits per heavy atom. The van der Waals surface area contributed by atoms with E-state index in [1.54, 1.807) is 6.08 Å². The Morgan fingerprint density at radius 1 is 1.19 bits per heavy atom. The number of allylic oxidation sites excluding steroid dienone is 1. The average Bonchev–Trinajstić information content (AvgIpc) is 3.19. The quantitative estimate of drug-likeness (QED) is 0.353. The lowest BCUT2D eigenvalue weighted by atomic mass is 9.47. The van der Waals surface area contributed by atoms with Gasteiger partial charge >= 0.3 is 5.97 Å². The highest BCUT2D eigenvalue weighted by molar-refractivity contribution is 14.1. The summed E-state index contributed by atoms with van der Waals surface area (Å²) < 4.78 is 12.7. The maximum atomic E-state index is 13.7. The molecule has 0 radical (unpaired) electrons. The smallest absolute Gasteiger partial charge is 0.336 e. The summed E-state index contributed by atoms with van der Waals surface area (Å²) in [6, 6.07) is 0. The summed E-state index contributed by atoms with van der Waals surface area (Å²) in [5.41, 5.74) is 1.04. The van der Waals surface area contributed by atoms with Crippen LogP contribution in [0.4, 0.5) is 0 Å². The predicted octanol–water partition coefficient (Wildman–Crippen LogP) is 4.75. The van der Waals surface area contributed by atoms with Crippen LogP contribution in [-0.4, -0.2) is 53.5 Å². The molecule has 5 aliphatic rings. The highest BCUT2D eigenvalue weighted by Crippen LogP contribution is 2.66. The number of carbonyl (C=O) groups excluding carboxylic acids is 2. The zero-order valence-corrected chi connectivity index (χ0v) is 24.1. The molecular weight excluding hydrogens is 571 g/mol. The first-order valence-electron chi connectivity index (χ1n) is 13.7. The summed E-state index contributed by atoms with van der Waals surface area (Å²) >= 11 is 2.11. The normalized spacial score (nSPS) is 47.5. The number of fused-ring (bicyclic) bond motifs is 6. The summed E-state index contributed by atoms with van der Waals surface area (Å²) in [7, 11) is 0. The third-order valence-electron chi connectivity index (χ3n) is 11.0. The summed E-state index contributed by atoms with van der Waals surface area (Å²) in [4.78, 5) is 26.3. The fraction of sp³-hybridized carbons (Fsp3) is 0.793. The van der Waals surface area contributed by atoms with Crippen LogP contribution in [0.25, 0.3) is 0 Å². The van der Waals surface area contributed by atoms with Crippen molar-refractivity contribution in [2.45, 2.75) is 91.0 Å². The SMILES string of the molecule is CC1=C(CO)C(=O)OC([C@@H](C)[C@H]2CC[C@H]3[C@@H]4C[C@@H]5C[C@](C)(C(=O)/C(I)=C\[C@H](O)CO5)[C@H]4CC[C@]23C)C1. The number of rotatable bonds is 3. The van der Waals surface area contributed by atoms with Gasteiger partial charge in [-0.2, -0.15) is 0 Å². The Kier molecular flexibility index (Phi) is 7.27. The van der Waals surface area contributed by atoms with Gasteiger partial charge in [-0.05, 0) is 109 Å². The van der Waals surface area contributed by atoms with E-state index >= 15 is 0 Å². The molecule has 36 heavy (non-hydrogen) atoms. The Labute approximate surface area is 228 Å². The van der Waals surface area contributed by atoms with Crippen molar-refractivity contribution in [1.29, 1.82) is 0 Å². The number of halogens is 1. The maximum absolute atomic E-state index is 13.7. The van der Waals surface area contributed by atoms with Crippen molar-refractivity contribution >= 4 is 34.3 Å². The number of esters is 1. The number of cyclic esters (lactones) is 1. The van der Waals surface area contributed by atoms with Crippen molar-refractivity contribution < 1.29 is 29.3 Å². The Morgan fingerprint density at radius 3 is 2.64 bits per heavy atom. The highest BCUT2D eigenvalue weighted by Gasteiger charge is 2.62. The molecule has 7 heteroatoms. The van der Waals surface area contributed by atoms with Crippen LogP contribution in [0.15, 0.2) is 20.8 Å². The second-order valence-electron chi connectivity index (χ2n) is 12.8. The van der Waals surface area contributed by atoms with Gasteiger partial charge in [0, 0.05) is 11.8 Å². The standard InChI is InChI=1S/C29H41IO6/c1-15-9-25(36-27(34)20(15)13-31)16(2)21-5-6-22-19-11-18-12-29(4,23(19)7-8-28(21,22)3)26(33)24(30)10-17(32)14-35-18/h10,16-19,21-23,25,31-32H,5-9,11-14H2,1-4H3/b24-10+/t16-,17-,18+,19-,21+,22-,23-,25?,28+,29-/m0/s1. The van der Waals surface area contributed by atoms with E-state index in [4.69, 9.17) is 9.47 Å². The molecule has 5 rings (SSSR count). The molecule has 6 nitrogen and oxygen atoms in total. The number of hydrogen-bond acceptors (Lipinski definition) is 6. The van der Waals surface area contributed by atoms with Crippen LogP contribution >= 0.6 is 22.6 Å². The van der Waals surface area contributed by atoms with Gasteiger partial charge in [-0.1, -0.05) is 26.3 Å². The zero-order valence-electron chi connectivity index (χ0n) is 22.0. The minimum absolute atomic E-state index is 0.00615. The second kappa shape index (κ2) is 9.76. The molecule has 0 aromatic carbocycles. The molecule has 200 valence electrons. The number of ether oxygens (including phenoxy) is 2. The van der Waals surface area contributed by atoms with Gasteiger partial charge in [0.05, 0.1) is 34.6 Å². The molecule has 2 N–H and O–H groups in total. The van der Waals surface area contributed by atoms with Crippen LogP contribution in [0.1, 0.15) is 72.6 Å². The van der Waals surface area contributed by atoms with Gasteiger partial charge in [-0.3, -0.25) is 4.79 Å². The average molecular weight is 613 g/mol. The van der Waals surface area contributed by atoms with Crippen LogP contribution in [-0.2, 0) is 19.1 Å². The minimum Gasteiger partial charge on any atom is -0.458 e. The van der Waals surface area contributed by atoms with E-state index in [9.17, 15) is 19.8 Å². The molecule has 3 fully saturated rings. The molecule has 0 amide bonds. The molecular formula is C29H41IO6. The van der Waals surface area contributed by atoms with Gasteiger partial charge in [-0.25, -0.2) is 4.79 Å². The third kappa shape index (κ3) is 4.24. The van der Waals surface area contributed by atoms with Gasteiger partial charge in [0.15, 0.2) is 5.78 Å². The summed E-state index contributed by atoms with van der Waals surface area (Å²) in [6.07, 6.45) is 7.53. The van der Waals surface area contributed by atoms with Crippen LogP contribution < -0.4 is 0 Å². The Bertz CT molecular complexity index is 988. The summed E-state index contributed by atoms with van der Waals surface area (Å²) in [5.74, 6) is 1.76. The van der Waals surface area contributed by atoms with Crippen molar-refractivity contribution in [3.8, 4) is 0 Å². The van der Waals surface area contributed by atoms with E-state index in [-0.39, 0.29) is 48.5 Å². The second-order valence-corrected chi connectivity index (χ2v) is 13.9. The van der Waals surface area contributed by atoms with Gasteiger partial charge in [0.1, 0.15) is 6.10 Å². The Balaban J connectivity index is 1.41. The van der Waals surface area contributed by atoms with Gasteiger partial charge in [-0.15, -0.1) is 0 Å². The molecule has 0 aromatic heterocycles. The number of hydrogen-bond donors (Lipinski definition) is 2.